The molecule has 2 aromatic rings. The molecule has 6 nitrogen and oxygen atoms in total. The molecule has 29 heavy (non-hydrogen) atoms. The van der Waals surface area contributed by atoms with Crippen LogP contribution < -0.4 is 16.0 Å². The molecule has 1 aromatic heterocycles. The molecule has 0 unspecified atom stereocenters. The quantitative estimate of drug-likeness (QED) is 0.298. The second-order valence-corrected chi connectivity index (χ2v) is 7.35. The molecule has 3 rings (SSSR count). The Morgan fingerprint density at radius 3 is 2.69 bits per heavy atom. The number of para-hydroxylation sites is 1. The summed E-state index contributed by atoms with van der Waals surface area (Å²) in [6.45, 7) is 6.52. The van der Waals surface area contributed by atoms with E-state index in [2.05, 4.69) is 40.8 Å². The van der Waals surface area contributed by atoms with Gasteiger partial charge in [-0.1, -0.05) is 25.1 Å². The van der Waals surface area contributed by atoms with Gasteiger partial charge in [0.25, 0.3) is 5.70 Å². The zero-order valence-electron chi connectivity index (χ0n) is 17.5. The molecular weight excluding hydrogens is 362 g/mol. The van der Waals surface area contributed by atoms with Crippen LogP contribution in [0.25, 0.3) is 0 Å². The fourth-order valence-corrected chi connectivity index (χ4v) is 3.69. The van der Waals surface area contributed by atoms with E-state index in [-0.39, 0.29) is 5.91 Å². The second kappa shape index (κ2) is 10.7. The van der Waals surface area contributed by atoms with Gasteiger partial charge in [-0.25, -0.2) is 4.79 Å². The number of rotatable bonds is 9. The van der Waals surface area contributed by atoms with E-state index in [0.717, 1.165) is 61.6 Å². The number of benzene rings is 1. The first-order valence-electron chi connectivity index (χ1n) is 10.6. The Kier molecular flexibility index (Phi) is 7.78. The van der Waals surface area contributed by atoms with E-state index < -0.39 is 0 Å². The number of hydrogen-bond donors (Lipinski definition) is 4. The normalized spacial score (nSPS) is 17.9. The predicted molar refractivity (Wildman–Crippen MR) is 116 cm³/mol. The number of aromatic amines is 1. The van der Waals surface area contributed by atoms with Crippen molar-refractivity contribution in [3.05, 3.63) is 65.7 Å². The maximum absolute atomic E-state index is 13.7. The van der Waals surface area contributed by atoms with Gasteiger partial charge in [-0.2, -0.15) is 0 Å². The third-order valence-corrected chi connectivity index (χ3v) is 5.22. The van der Waals surface area contributed by atoms with Crippen LogP contribution in [0, 0.1) is 0 Å². The highest BCUT2D eigenvalue weighted by Crippen LogP contribution is 2.19. The number of H-pyrrole nitrogens is 1. The van der Waals surface area contributed by atoms with E-state index in [1.54, 1.807) is 0 Å². The number of aromatic nitrogens is 1. The predicted octanol–water partition coefficient (Wildman–Crippen LogP) is 2.00. The third kappa shape index (κ3) is 5.65. The van der Waals surface area contributed by atoms with E-state index in [4.69, 9.17) is 0 Å². The monoisotopic (exact) mass is 395 g/mol. The van der Waals surface area contributed by atoms with E-state index in [9.17, 15) is 4.79 Å². The van der Waals surface area contributed by atoms with Crippen LogP contribution in [0.5, 0.6) is 0 Å². The van der Waals surface area contributed by atoms with Gasteiger partial charge in [0, 0.05) is 43.8 Å². The molecule has 0 saturated heterocycles. The second-order valence-electron chi connectivity index (χ2n) is 7.35. The van der Waals surface area contributed by atoms with Crippen LogP contribution in [0.15, 0.2) is 60.1 Å². The molecule has 0 radical (unpaired) electrons. The minimum absolute atomic E-state index is 0.0545. The van der Waals surface area contributed by atoms with Gasteiger partial charge in [0.15, 0.2) is 5.71 Å². The van der Waals surface area contributed by atoms with Gasteiger partial charge in [0.1, 0.15) is 0 Å². The summed E-state index contributed by atoms with van der Waals surface area (Å²) in [5.41, 5.74) is 5.04. The lowest BCUT2D eigenvalue weighted by Gasteiger charge is -2.16. The molecule has 154 valence electrons. The summed E-state index contributed by atoms with van der Waals surface area (Å²) in [5, 5.41) is 8.88. The van der Waals surface area contributed by atoms with Crippen LogP contribution in [-0.4, -0.2) is 40.9 Å². The number of nitrogens with two attached hydrogens (primary N) is 1. The molecule has 1 aliphatic heterocycles. The number of nitrogens with zero attached hydrogens (tertiary/aromatic N) is 1. The van der Waals surface area contributed by atoms with Crippen LogP contribution in [-0.2, 0) is 11.2 Å². The average Bonchev–Trinajstić information content (AvgIpc) is 3.24. The number of hydrogen-bond acceptors (Lipinski definition) is 3. The minimum Gasteiger partial charge on any atom is -0.371 e. The zero-order chi connectivity index (χ0) is 20.5. The van der Waals surface area contributed by atoms with Gasteiger partial charge < -0.3 is 20.9 Å². The van der Waals surface area contributed by atoms with Crippen LogP contribution in [0.1, 0.15) is 38.8 Å². The van der Waals surface area contributed by atoms with Crippen molar-refractivity contribution in [2.45, 2.75) is 39.5 Å². The van der Waals surface area contributed by atoms with Gasteiger partial charge in [0.2, 0.25) is 5.69 Å². The molecule has 5 N–H and O–H groups in total. The van der Waals surface area contributed by atoms with Gasteiger partial charge >= 0.3 is 5.91 Å². The lowest BCUT2D eigenvalue weighted by Crippen LogP contribution is -2.85. The lowest BCUT2D eigenvalue weighted by molar-refractivity contribution is -0.608. The first-order chi connectivity index (χ1) is 14.2. The van der Waals surface area contributed by atoms with Crippen LogP contribution in [0.4, 0.5) is 5.69 Å². The highest BCUT2D eigenvalue weighted by atomic mass is 16.2. The van der Waals surface area contributed by atoms with Crippen LogP contribution >= 0.6 is 0 Å². The Morgan fingerprint density at radius 2 is 1.97 bits per heavy atom. The highest BCUT2D eigenvalue weighted by molar-refractivity contribution is 5.93. The SMILES string of the molecule is CCNCN/C1=C(\[NH2+]CCc2ccc[nH]2)C(=O)[N+](c2ccccc2)=C(C)CCC1. The lowest BCUT2D eigenvalue weighted by atomic mass is 10.1. The summed E-state index contributed by atoms with van der Waals surface area (Å²) >= 11 is 0. The van der Waals surface area contributed by atoms with Crippen molar-refractivity contribution in [2.24, 2.45) is 0 Å². The number of carbonyl (C=O) groups excluding carboxylic acids is 1. The van der Waals surface area contributed by atoms with Crippen molar-refractivity contribution in [2.75, 3.05) is 19.8 Å². The topological polar surface area (TPSA) is 76.5 Å². The molecule has 6 heteroatoms. The molecule has 0 saturated carbocycles. The molecule has 0 fully saturated rings. The van der Waals surface area contributed by atoms with E-state index >= 15 is 0 Å². The summed E-state index contributed by atoms with van der Waals surface area (Å²) in [4.78, 5) is 16.9. The summed E-state index contributed by atoms with van der Waals surface area (Å²) in [5.74, 6) is 0.0545. The fraction of sp³-hybridized carbons (Fsp3) is 0.391. The molecular formula is C23H33N5O+2. The smallest absolute Gasteiger partial charge is 0.371 e. The first-order valence-corrected chi connectivity index (χ1v) is 10.6. The standard InChI is InChI=1S/C23H31N5O/c1-3-24-17-27-21-13-7-9-18(2)28(20-11-5-4-6-12-20)23(29)22(21)26-16-14-19-10-8-15-25-19/h4-6,8,10-12,15,24-26H,3,7,9,13-14,16-17H2,1-2H3/p+2. The maximum atomic E-state index is 13.7. The molecule has 1 aliphatic rings. The largest absolute Gasteiger partial charge is 0.480 e. The number of amides is 1. The molecule has 2 heterocycles. The molecule has 0 aliphatic carbocycles. The van der Waals surface area contributed by atoms with Crippen LogP contribution in [0.3, 0.4) is 0 Å². The van der Waals surface area contributed by atoms with Gasteiger partial charge in [-0.15, -0.1) is 4.58 Å². The number of nitrogens with one attached hydrogen (secondary N) is 3. The maximum Gasteiger partial charge on any atom is 0.480 e. The van der Waals surface area contributed by atoms with Crippen molar-refractivity contribution < 1.29 is 14.7 Å². The summed E-state index contributed by atoms with van der Waals surface area (Å²) in [7, 11) is 0. The molecule has 0 bridgehead atoms. The van der Waals surface area contributed by atoms with Crippen molar-refractivity contribution in [3.8, 4) is 0 Å². The molecule has 0 atom stereocenters. The van der Waals surface area contributed by atoms with Crippen molar-refractivity contribution >= 4 is 17.3 Å². The third-order valence-electron chi connectivity index (χ3n) is 5.22. The zero-order valence-corrected chi connectivity index (χ0v) is 17.5. The molecule has 0 spiro atoms. The van der Waals surface area contributed by atoms with Gasteiger partial charge in [-0.05, 0) is 31.5 Å². The van der Waals surface area contributed by atoms with Crippen LogP contribution in [0.2, 0.25) is 0 Å². The van der Waals surface area contributed by atoms with Crippen molar-refractivity contribution in [1.29, 1.82) is 0 Å². The summed E-state index contributed by atoms with van der Waals surface area (Å²) in [6, 6.07) is 14.1. The Hall–Kier alpha value is -2.70. The summed E-state index contributed by atoms with van der Waals surface area (Å²) in [6.07, 6.45) is 5.63. The number of carbonyl (C=O) groups is 1. The highest BCUT2D eigenvalue weighted by Gasteiger charge is 2.35. The van der Waals surface area contributed by atoms with Gasteiger partial charge in [0.05, 0.1) is 18.9 Å². The minimum atomic E-state index is 0.0545. The first kappa shape index (κ1) is 21.0. The fourth-order valence-electron chi connectivity index (χ4n) is 3.69. The van der Waals surface area contributed by atoms with Gasteiger partial charge in [-0.3, -0.25) is 0 Å². The summed E-state index contributed by atoms with van der Waals surface area (Å²) < 4.78 is 1.88. The Balaban J connectivity index is 1.89. The van der Waals surface area contributed by atoms with Crippen molar-refractivity contribution in [3.63, 3.8) is 0 Å². The van der Waals surface area contributed by atoms with Crippen molar-refractivity contribution in [1.82, 2.24) is 15.6 Å². The Labute approximate surface area is 173 Å². The molecule has 1 aromatic carbocycles. The molecule has 1 amide bonds. The average molecular weight is 396 g/mol. The van der Waals surface area contributed by atoms with E-state index in [1.807, 2.05) is 47.2 Å². The number of quaternary nitrogens is 1. The van der Waals surface area contributed by atoms with E-state index in [0.29, 0.717) is 6.67 Å². The van der Waals surface area contributed by atoms with E-state index in [1.165, 1.54) is 5.69 Å². The Morgan fingerprint density at radius 1 is 1.14 bits per heavy atom. The number of allylic oxidation sites excluding steroid dienone is 1. The Bertz CT molecular complexity index is 853.